The standard InChI is InChI=1S/C14H21IN2O2/c1-10(16-11(2)14(18)19)13(15)17(3)9-12-7-5-4-6-8-12/h4-8,10-11,13,16H,9H2,1-3H3,(H,18,19)/t10?,11?,13-/m1/s1. The molecule has 0 radical (unpaired) electrons. The molecule has 2 N–H and O–H groups in total. The zero-order valence-corrected chi connectivity index (χ0v) is 13.7. The molecule has 0 aliphatic rings. The fourth-order valence-electron chi connectivity index (χ4n) is 1.89. The van der Waals surface area contributed by atoms with Crippen LogP contribution in [0, 0.1) is 0 Å². The predicted molar refractivity (Wildman–Crippen MR) is 85.4 cm³/mol. The molecule has 4 nitrogen and oxygen atoms in total. The van der Waals surface area contributed by atoms with Gasteiger partial charge in [-0.15, -0.1) is 0 Å². The lowest BCUT2D eigenvalue weighted by atomic mass is 10.2. The molecule has 1 aromatic rings. The third kappa shape index (κ3) is 5.46. The molecule has 1 rings (SSSR count). The summed E-state index contributed by atoms with van der Waals surface area (Å²) in [6.07, 6.45) is 0. The van der Waals surface area contributed by atoms with Gasteiger partial charge in [0.15, 0.2) is 0 Å². The lowest BCUT2D eigenvalue weighted by molar-refractivity contribution is -0.139. The van der Waals surface area contributed by atoms with E-state index in [4.69, 9.17) is 5.11 Å². The van der Waals surface area contributed by atoms with Gasteiger partial charge in [0.25, 0.3) is 0 Å². The first kappa shape index (κ1) is 16.4. The van der Waals surface area contributed by atoms with Gasteiger partial charge in [-0.25, -0.2) is 0 Å². The van der Waals surface area contributed by atoms with Crippen LogP contribution in [0.2, 0.25) is 0 Å². The van der Waals surface area contributed by atoms with Crippen molar-refractivity contribution in [2.45, 2.75) is 36.5 Å². The van der Waals surface area contributed by atoms with Crippen LogP contribution in [0.25, 0.3) is 0 Å². The number of carboxylic acid groups (broad SMARTS) is 1. The minimum atomic E-state index is -0.818. The van der Waals surface area contributed by atoms with E-state index in [2.05, 4.69) is 44.9 Å². The van der Waals surface area contributed by atoms with Crippen LogP contribution >= 0.6 is 22.6 Å². The summed E-state index contributed by atoms with van der Waals surface area (Å²) in [4.78, 5) is 13.1. The Balaban J connectivity index is 2.51. The van der Waals surface area contributed by atoms with Gasteiger partial charge in [-0.2, -0.15) is 0 Å². The molecule has 0 heterocycles. The second kappa shape index (κ2) is 7.81. The summed E-state index contributed by atoms with van der Waals surface area (Å²) in [6, 6.07) is 9.82. The molecule has 1 aromatic carbocycles. The van der Waals surface area contributed by atoms with Crippen molar-refractivity contribution < 1.29 is 9.90 Å². The van der Waals surface area contributed by atoms with E-state index in [1.54, 1.807) is 6.92 Å². The number of carboxylic acids is 1. The summed E-state index contributed by atoms with van der Waals surface area (Å²) in [5.74, 6) is -0.818. The summed E-state index contributed by atoms with van der Waals surface area (Å²) >= 11 is 2.35. The number of hydrogen-bond acceptors (Lipinski definition) is 3. The second-order valence-electron chi connectivity index (χ2n) is 4.79. The van der Waals surface area contributed by atoms with Crippen LogP contribution in [0.1, 0.15) is 19.4 Å². The van der Waals surface area contributed by atoms with Gasteiger partial charge in [-0.1, -0.05) is 52.9 Å². The molecule has 106 valence electrons. The quantitative estimate of drug-likeness (QED) is 0.436. The Kier molecular flexibility index (Phi) is 6.74. The van der Waals surface area contributed by atoms with E-state index in [-0.39, 0.29) is 10.1 Å². The molecule has 5 heteroatoms. The fraction of sp³-hybridized carbons (Fsp3) is 0.500. The van der Waals surface area contributed by atoms with Gasteiger partial charge in [0.1, 0.15) is 6.04 Å². The average molecular weight is 376 g/mol. The van der Waals surface area contributed by atoms with Crippen LogP contribution in [0.4, 0.5) is 0 Å². The van der Waals surface area contributed by atoms with Gasteiger partial charge in [0.05, 0.1) is 4.05 Å². The number of halogens is 1. The van der Waals surface area contributed by atoms with Gasteiger partial charge >= 0.3 is 5.97 Å². The highest BCUT2D eigenvalue weighted by atomic mass is 127. The van der Waals surface area contributed by atoms with Crippen molar-refractivity contribution in [2.24, 2.45) is 0 Å². The van der Waals surface area contributed by atoms with Crippen LogP contribution < -0.4 is 5.32 Å². The molecule has 0 saturated heterocycles. The SMILES string of the molecule is CC(NC(C)[C@H](I)N(C)Cc1ccccc1)C(=O)O. The van der Waals surface area contributed by atoms with E-state index in [0.29, 0.717) is 0 Å². The summed E-state index contributed by atoms with van der Waals surface area (Å²) in [5, 5.41) is 12.0. The normalized spacial score (nSPS) is 16.1. The number of hydrogen-bond donors (Lipinski definition) is 2. The Morgan fingerprint density at radius 1 is 1.37 bits per heavy atom. The lowest BCUT2D eigenvalue weighted by Gasteiger charge is -2.30. The minimum Gasteiger partial charge on any atom is -0.480 e. The van der Waals surface area contributed by atoms with Gasteiger partial charge in [-0.05, 0) is 26.5 Å². The Bertz CT molecular complexity index is 400. The topological polar surface area (TPSA) is 52.6 Å². The summed E-state index contributed by atoms with van der Waals surface area (Å²) < 4.78 is 0.222. The smallest absolute Gasteiger partial charge is 0.320 e. The maximum atomic E-state index is 10.8. The van der Waals surface area contributed by atoms with Crippen LogP contribution in [0.5, 0.6) is 0 Å². The van der Waals surface area contributed by atoms with Gasteiger partial charge in [-0.3, -0.25) is 15.0 Å². The highest BCUT2D eigenvalue weighted by Gasteiger charge is 2.22. The molecule has 0 spiro atoms. The zero-order chi connectivity index (χ0) is 14.4. The molecule has 0 aliphatic carbocycles. The summed E-state index contributed by atoms with van der Waals surface area (Å²) in [5.41, 5.74) is 1.25. The Hall–Kier alpha value is -0.660. The third-order valence-corrected chi connectivity index (χ3v) is 5.02. The van der Waals surface area contributed by atoms with E-state index >= 15 is 0 Å². The van der Waals surface area contributed by atoms with E-state index in [1.165, 1.54) is 5.56 Å². The molecule has 2 unspecified atom stereocenters. The number of benzene rings is 1. The van der Waals surface area contributed by atoms with E-state index < -0.39 is 12.0 Å². The van der Waals surface area contributed by atoms with Crippen molar-refractivity contribution >= 4 is 28.6 Å². The van der Waals surface area contributed by atoms with Gasteiger partial charge in [0, 0.05) is 12.6 Å². The van der Waals surface area contributed by atoms with E-state index in [0.717, 1.165) is 6.54 Å². The maximum absolute atomic E-state index is 10.8. The van der Waals surface area contributed by atoms with Crippen LogP contribution in [0.15, 0.2) is 30.3 Å². The highest BCUT2D eigenvalue weighted by Crippen LogP contribution is 2.15. The molecule has 0 fully saturated rings. The monoisotopic (exact) mass is 376 g/mol. The van der Waals surface area contributed by atoms with Crippen molar-refractivity contribution in [3.8, 4) is 0 Å². The first-order valence-electron chi connectivity index (χ1n) is 6.29. The molecule has 3 atom stereocenters. The third-order valence-electron chi connectivity index (χ3n) is 2.99. The lowest BCUT2D eigenvalue weighted by Crippen LogP contribution is -2.48. The Morgan fingerprint density at radius 2 is 1.95 bits per heavy atom. The molecular weight excluding hydrogens is 355 g/mol. The molecule has 0 aliphatic heterocycles. The number of rotatable bonds is 7. The van der Waals surface area contributed by atoms with E-state index in [9.17, 15) is 4.79 Å². The van der Waals surface area contributed by atoms with Crippen LogP contribution in [-0.4, -0.2) is 39.2 Å². The van der Waals surface area contributed by atoms with Crippen molar-refractivity contribution in [2.75, 3.05) is 7.05 Å². The minimum absolute atomic E-state index is 0.0976. The van der Waals surface area contributed by atoms with Gasteiger partial charge < -0.3 is 5.11 Å². The predicted octanol–water partition coefficient (Wildman–Crippen LogP) is 2.33. The summed E-state index contributed by atoms with van der Waals surface area (Å²) in [6.45, 7) is 4.53. The van der Waals surface area contributed by atoms with Crippen molar-refractivity contribution in [3.63, 3.8) is 0 Å². The van der Waals surface area contributed by atoms with Crippen LogP contribution in [-0.2, 0) is 11.3 Å². The van der Waals surface area contributed by atoms with Gasteiger partial charge in [0.2, 0.25) is 0 Å². The number of nitrogens with one attached hydrogen (secondary N) is 1. The first-order valence-corrected chi connectivity index (χ1v) is 7.53. The molecule has 0 bridgehead atoms. The highest BCUT2D eigenvalue weighted by molar-refractivity contribution is 14.1. The van der Waals surface area contributed by atoms with Crippen molar-refractivity contribution in [3.05, 3.63) is 35.9 Å². The second-order valence-corrected chi connectivity index (χ2v) is 6.06. The fourth-order valence-corrected chi connectivity index (χ4v) is 2.29. The largest absolute Gasteiger partial charge is 0.480 e. The van der Waals surface area contributed by atoms with E-state index in [1.807, 2.05) is 32.2 Å². The first-order chi connectivity index (χ1) is 8.91. The maximum Gasteiger partial charge on any atom is 0.320 e. The average Bonchev–Trinajstić information content (AvgIpc) is 2.38. The summed E-state index contributed by atoms with van der Waals surface area (Å²) in [7, 11) is 2.05. The Labute approximate surface area is 128 Å². The molecule has 19 heavy (non-hydrogen) atoms. The van der Waals surface area contributed by atoms with Crippen molar-refractivity contribution in [1.29, 1.82) is 0 Å². The molecule has 0 saturated carbocycles. The zero-order valence-electron chi connectivity index (χ0n) is 11.5. The number of likely N-dealkylation sites (N-methyl/N-ethyl adjacent to an activating group) is 1. The number of nitrogens with zero attached hydrogens (tertiary/aromatic N) is 1. The Morgan fingerprint density at radius 3 is 2.47 bits per heavy atom. The molecule has 0 amide bonds. The van der Waals surface area contributed by atoms with Crippen LogP contribution in [0.3, 0.4) is 0 Å². The number of alkyl halides is 1. The molecular formula is C14H21IN2O2. The molecule has 0 aromatic heterocycles. The number of aliphatic carboxylic acids is 1. The number of carbonyl (C=O) groups is 1. The van der Waals surface area contributed by atoms with Crippen molar-refractivity contribution in [1.82, 2.24) is 10.2 Å².